The molecule has 0 aliphatic heterocycles. The van der Waals surface area contributed by atoms with Crippen LogP contribution in [0.25, 0.3) is 10.9 Å². The number of fused-ring (bicyclic) bond motifs is 1. The summed E-state index contributed by atoms with van der Waals surface area (Å²) in [5.41, 5.74) is 4.01. The minimum absolute atomic E-state index is 0.405. The Morgan fingerprint density at radius 2 is 2.00 bits per heavy atom. The highest BCUT2D eigenvalue weighted by Crippen LogP contribution is 2.27. The first-order chi connectivity index (χ1) is 11.2. The normalized spacial score (nSPS) is 11.8. The molecule has 0 bridgehead atoms. The maximum Gasteiger partial charge on any atom is 0.407 e. The summed E-state index contributed by atoms with van der Waals surface area (Å²) in [5, 5.41) is 4.02. The molecule has 1 aromatic heterocycles. The van der Waals surface area contributed by atoms with E-state index in [9.17, 15) is 4.79 Å². The van der Waals surface area contributed by atoms with Crippen molar-refractivity contribution in [3.8, 4) is 0 Å². The zero-order valence-corrected chi connectivity index (χ0v) is 15.6. The van der Waals surface area contributed by atoms with E-state index >= 15 is 0 Å². The van der Waals surface area contributed by atoms with Gasteiger partial charge >= 0.3 is 6.09 Å². The lowest BCUT2D eigenvalue weighted by Gasteiger charge is -2.20. The summed E-state index contributed by atoms with van der Waals surface area (Å²) >= 11 is 0. The molecule has 0 saturated heterocycles. The number of ether oxygens (including phenoxy) is 1. The van der Waals surface area contributed by atoms with Crippen molar-refractivity contribution in [1.29, 1.82) is 0 Å². The monoisotopic (exact) mass is 328 g/mol. The molecule has 0 fully saturated rings. The van der Waals surface area contributed by atoms with E-state index in [-0.39, 0.29) is 0 Å². The van der Waals surface area contributed by atoms with Crippen LogP contribution in [0, 0.1) is 0 Å². The van der Waals surface area contributed by atoms with Gasteiger partial charge in [-0.3, -0.25) is 4.98 Å². The third kappa shape index (κ3) is 4.47. The lowest BCUT2D eigenvalue weighted by atomic mass is 9.95. The Hall–Kier alpha value is -2.10. The molecule has 0 radical (unpaired) electrons. The second-order valence-electron chi connectivity index (χ2n) is 7.41. The molecule has 0 aliphatic rings. The highest BCUT2D eigenvalue weighted by Gasteiger charge is 2.17. The average molecular weight is 328 g/mol. The number of hydrogen-bond donors (Lipinski definition) is 1. The van der Waals surface area contributed by atoms with E-state index in [0.717, 1.165) is 17.5 Å². The molecule has 0 unspecified atom stereocenters. The van der Waals surface area contributed by atoms with Gasteiger partial charge in [0.2, 0.25) is 0 Å². The molecule has 4 heteroatoms. The number of rotatable bonds is 4. The van der Waals surface area contributed by atoms with Gasteiger partial charge in [0.1, 0.15) is 5.60 Å². The molecule has 1 heterocycles. The van der Waals surface area contributed by atoms with Crippen LogP contribution in [0.3, 0.4) is 0 Å². The van der Waals surface area contributed by atoms with E-state index in [4.69, 9.17) is 4.74 Å². The third-order valence-electron chi connectivity index (χ3n) is 3.87. The molecule has 0 aliphatic carbocycles. The van der Waals surface area contributed by atoms with Crippen molar-refractivity contribution in [2.45, 2.75) is 66.0 Å². The highest BCUT2D eigenvalue weighted by atomic mass is 16.6. The molecule has 130 valence electrons. The number of carbonyl (C=O) groups excluding carboxylic acids is 1. The van der Waals surface area contributed by atoms with Crippen molar-refractivity contribution in [1.82, 2.24) is 10.3 Å². The Bertz CT molecular complexity index is 730. The number of aromatic nitrogens is 1. The summed E-state index contributed by atoms with van der Waals surface area (Å²) < 4.78 is 5.32. The number of nitrogens with one attached hydrogen (secondary N) is 1. The number of aryl methyl sites for hydroxylation is 1. The van der Waals surface area contributed by atoms with Crippen LogP contribution in [0.5, 0.6) is 0 Å². The fourth-order valence-corrected chi connectivity index (χ4v) is 2.74. The quantitative estimate of drug-likeness (QED) is 0.864. The topological polar surface area (TPSA) is 51.2 Å². The summed E-state index contributed by atoms with van der Waals surface area (Å²) in [6.45, 7) is 12.5. The standard InChI is InChI=1S/C20H28N2O2/c1-7-14-10-15(12-22-19(23)24-20(4,5)6)18-17(11-14)16(13(2)3)8-9-21-18/h8-11,13H,7,12H2,1-6H3,(H,22,23). The number of amides is 1. The number of nitrogens with zero attached hydrogens (tertiary/aromatic N) is 1. The maximum atomic E-state index is 11.9. The molecule has 1 amide bonds. The van der Waals surface area contributed by atoms with Gasteiger partial charge in [-0.2, -0.15) is 0 Å². The lowest BCUT2D eigenvalue weighted by Crippen LogP contribution is -2.32. The van der Waals surface area contributed by atoms with Crippen molar-refractivity contribution in [2.24, 2.45) is 0 Å². The first-order valence-corrected chi connectivity index (χ1v) is 8.58. The van der Waals surface area contributed by atoms with Gasteiger partial charge in [-0.25, -0.2) is 4.79 Å². The summed E-state index contributed by atoms with van der Waals surface area (Å²) in [5.74, 6) is 0.425. The van der Waals surface area contributed by atoms with Gasteiger partial charge in [0, 0.05) is 18.1 Å². The number of benzene rings is 1. The summed E-state index contributed by atoms with van der Waals surface area (Å²) in [6, 6.07) is 6.42. The summed E-state index contributed by atoms with van der Waals surface area (Å²) in [4.78, 5) is 16.5. The molecule has 0 saturated carbocycles. The molecule has 1 aromatic carbocycles. The number of alkyl carbamates (subject to hydrolysis) is 1. The summed E-state index contributed by atoms with van der Waals surface area (Å²) in [6.07, 6.45) is 2.39. The Balaban J connectivity index is 2.35. The van der Waals surface area contributed by atoms with E-state index in [2.05, 4.69) is 49.3 Å². The van der Waals surface area contributed by atoms with E-state index in [1.165, 1.54) is 16.5 Å². The number of pyridine rings is 1. The number of hydrogen-bond acceptors (Lipinski definition) is 3. The Morgan fingerprint density at radius 3 is 2.58 bits per heavy atom. The average Bonchev–Trinajstić information content (AvgIpc) is 2.49. The van der Waals surface area contributed by atoms with E-state index < -0.39 is 11.7 Å². The predicted molar refractivity (Wildman–Crippen MR) is 98.3 cm³/mol. The van der Waals surface area contributed by atoms with Gasteiger partial charge in [-0.1, -0.05) is 26.8 Å². The zero-order valence-electron chi connectivity index (χ0n) is 15.6. The van der Waals surface area contributed by atoms with Gasteiger partial charge in [0.15, 0.2) is 0 Å². The van der Waals surface area contributed by atoms with Crippen LogP contribution in [0.1, 0.15) is 64.2 Å². The van der Waals surface area contributed by atoms with E-state index in [1.54, 1.807) is 0 Å². The minimum Gasteiger partial charge on any atom is -0.444 e. The van der Waals surface area contributed by atoms with Crippen LogP contribution < -0.4 is 5.32 Å². The fourth-order valence-electron chi connectivity index (χ4n) is 2.74. The van der Waals surface area contributed by atoms with Crippen molar-refractivity contribution < 1.29 is 9.53 Å². The van der Waals surface area contributed by atoms with Crippen LogP contribution in [-0.4, -0.2) is 16.7 Å². The first kappa shape index (κ1) is 18.2. The SMILES string of the molecule is CCc1cc(CNC(=O)OC(C)(C)C)c2nccc(C(C)C)c2c1. The Morgan fingerprint density at radius 1 is 1.29 bits per heavy atom. The molecule has 0 atom stereocenters. The van der Waals surface area contributed by atoms with Gasteiger partial charge in [-0.05, 0) is 61.9 Å². The fraction of sp³-hybridized carbons (Fsp3) is 0.500. The Kier molecular flexibility index (Phi) is 5.47. The van der Waals surface area contributed by atoms with Crippen LogP contribution in [0.2, 0.25) is 0 Å². The summed E-state index contributed by atoms with van der Waals surface area (Å²) in [7, 11) is 0. The predicted octanol–water partition coefficient (Wildman–Crippen LogP) is 4.95. The molecule has 1 N–H and O–H groups in total. The van der Waals surface area contributed by atoms with E-state index in [1.807, 2.05) is 27.0 Å². The minimum atomic E-state index is -0.500. The van der Waals surface area contributed by atoms with Gasteiger partial charge in [0.25, 0.3) is 0 Å². The Labute approximate surface area is 144 Å². The molecule has 24 heavy (non-hydrogen) atoms. The van der Waals surface area contributed by atoms with Crippen LogP contribution >= 0.6 is 0 Å². The van der Waals surface area contributed by atoms with Gasteiger partial charge in [0.05, 0.1) is 5.52 Å². The van der Waals surface area contributed by atoms with Crippen molar-refractivity contribution >= 4 is 17.0 Å². The molecule has 4 nitrogen and oxygen atoms in total. The van der Waals surface area contributed by atoms with Crippen molar-refractivity contribution in [3.05, 3.63) is 41.1 Å². The smallest absolute Gasteiger partial charge is 0.407 e. The largest absolute Gasteiger partial charge is 0.444 e. The number of carbonyl (C=O) groups is 1. The maximum absolute atomic E-state index is 11.9. The third-order valence-corrected chi connectivity index (χ3v) is 3.87. The molecular formula is C20H28N2O2. The highest BCUT2D eigenvalue weighted by molar-refractivity contribution is 5.86. The van der Waals surface area contributed by atoms with Crippen LogP contribution in [0.15, 0.2) is 24.4 Å². The van der Waals surface area contributed by atoms with E-state index in [0.29, 0.717) is 12.5 Å². The molecular weight excluding hydrogens is 300 g/mol. The molecule has 2 aromatic rings. The lowest BCUT2D eigenvalue weighted by molar-refractivity contribution is 0.0524. The first-order valence-electron chi connectivity index (χ1n) is 8.58. The molecule has 0 spiro atoms. The molecule has 2 rings (SSSR count). The zero-order chi connectivity index (χ0) is 17.9. The van der Waals surface area contributed by atoms with Crippen LogP contribution in [0.4, 0.5) is 4.79 Å². The van der Waals surface area contributed by atoms with Crippen molar-refractivity contribution in [3.63, 3.8) is 0 Å². The van der Waals surface area contributed by atoms with Gasteiger partial charge in [-0.15, -0.1) is 0 Å². The van der Waals surface area contributed by atoms with Gasteiger partial charge < -0.3 is 10.1 Å². The second kappa shape index (κ2) is 7.20. The van der Waals surface area contributed by atoms with Crippen LogP contribution in [-0.2, 0) is 17.7 Å². The van der Waals surface area contributed by atoms with Crippen molar-refractivity contribution in [2.75, 3.05) is 0 Å². The second-order valence-corrected chi connectivity index (χ2v) is 7.41.